The van der Waals surface area contributed by atoms with Crippen molar-refractivity contribution in [2.24, 2.45) is 0 Å². The molecule has 0 atom stereocenters. The van der Waals surface area contributed by atoms with Crippen molar-refractivity contribution in [3.8, 4) is 0 Å². The van der Waals surface area contributed by atoms with Gasteiger partial charge in [0.1, 0.15) is 10.5 Å². The van der Waals surface area contributed by atoms with E-state index in [1.54, 1.807) is 12.4 Å². The minimum absolute atomic E-state index is 0.577. The molecule has 2 aromatic heterocycles. The maximum absolute atomic E-state index is 5.40. The van der Waals surface area contributed by atoms with Crippen LogP contribution in [0.3, 0.4) is 0 Å². The van der Waals surface area contributed by atoms with E-state index >= 15 is 0 Å². The molecule has 0 radical (unpaired) electrons. The largest absolute Gasteiger partial charge is 0.376 e. The van der Waals surface area contributed by atoms with Crippen LogP contribution in [0, 0.1) is 4.64 Å². The summed E-state index contributed by atoms with van der Waals surface area (Å²) in [5.74, 6) is 0.909. The number of ether oxygens (including phenoxy) is 1. The third-order valence-corrected chi connectivity index (χ3v) is 3.36. The first-order valence-corrected chi connectivity index (χ1v) is 6.31. The lowest BCUT2D eigenvalue weighted by molar-refractivity contribution is 0.108. The van der Waals surface area contributed by atoms with Gasteiger partial charge in [-0.15, -0.1) is 0 Å². The van der Waals surface area contributed by atoms with E-state index in [9.17, 15) is 0 Å². The predicted octanol–water partition coefficient (Wildman–Crippen LogP) is 2.20. The Labute approximate surface area is 110 Å². The van der Waals surface area contributed by atoms with E-state index in [1.165, 1.54) is 11.3 Å². The van der Waals surface area contributed by atoms with Gasteiger partial charge in [0.15, 0.2) is 0 Å². The second kappa shape index (κ2) is 4.96. The Kier molecular flexibility index (Phi) is 3.17. The van der Waals surface area contributed by atoms with Crippen molar-refractivity contribution in [2.75, 3.05) is 6.61 Å². The van der Waals surface area contributed by atoms with Crippen LogP contribution in [0.4, 0.5) is 0 Å². The fraction of sp³-hybridized carbons (Fsp3) is 0.308. The summed E-state index contributed by atoms with van der Waals surface area (Å²) in [7, 11) is 0. The highest BCUT2D eigenvalue weighted by molar-refractivity contribution is 7.71. The van der Waals surface area contributed by atoms with Crippen LogP contribution in [-0.4, -0.2) is 21.6 Å². The molecule has 0 saturated heterocycles. The highest BCUT2D eigenvalue weighted by Gasteiger charge is 2.13. The summed E-state index contributed by atoms with van der Waals surface area (Å²) in [5.41, 5.74) is 3.38. The molecule has 4 nitrogen and oxygen atoms in total. The smallest absolute Gasteiger partial charge is 0.135 e. The quantitative estimate of drug-likeness (QED) is 0.840. The van der Waals surface area contributed by atoms with Crippen LogP contribution in [0.25, 0.3) is 0 Å². The molecule has 0 fully saturated rings. The molecule has 1 aliphatic rings. The van der Waals surface area contributed by atoms with E-state index in [0.717, 1.165) is 30.8 Å². The van der Waals surface area contributed by atoms with Crippen molar-refractivity contribution in [1.82, 2.24) is 15.0 Å². The van der Waals surface area contributed by atoms with Crippen LogP contribution in [0.5, 0.6) is 0 Å². The summed E-state index contributed by atoms with van der Waals surface area (Å²) in [6.45, 7) is 1.32. The predicted molar refractivity (Wildman–Crippen MR) is 69.8 cm³/mol. The average Bonchev–Trinajstić information content (AvgIpc) is 2.40. The van der Waals surface area contributed by atoms with Crippen molar-refractivity contribution in [3.05, 3.63) is 51.8 Å². The molecule has 3 rings (SSSR count). The number of fused-ring (bicyclic) bond motifs is 1. The fourth-order valence-corrected chi connectivity index (χ4v) is 2.38. The normalized spacial score (nSPS) is 14.2. The number of aromatic amines is 1. The second-order valence-electron chi connectivity index (χ2n) is 4.28. The third kappa shape index (κ3) is 2.32. The third-order valence-electron chi connectivity index (χ3n) is 3.02. The molecule has 18 heavy (non-hydrogen) atoms. The molecule has 0 spiro atoms. The summed E-state index contributed by atoms with van der Waals surface area (Å²) < 4.78 is 6.06. The van der Waals surface area contributed by atoms with Crippen LogP contribution in [0.2, 0.25) is 0 Å². The first-order chi connectivity index (χ1) is 8.83. The highest BCUT2D eigenvalue weighted by Crippen LogP contribution is 2.16. The van der Waals surface area contributed by atoms with Gasteiger partial charge in [-0.05, 0) is 17.7 Å². The van der Waals surface area contributed by atoms with Crippen LogP contribution in [0.1, 0.15) is 22.6 Å². The average molecular weight is 259 g/mol. The first kappa shape index (κ1) is 11.5. The molecule has 0 amide bonds. The van der Waals surface area contributed by atoms with E-state index < -0.39 is 0 Å². The summed E-state index contributed by atoms with van der Waals surface area (Å²) in [4.78, 5) is 11.8. The monoisotopic (exact) mass is 259 g/mol. The minimum Gasteiger partial charge on any atom is -0.376 e. The van der Waals surface area contributed by atoms with Gasteiger partial charge in [-0.1, -0.05) is 12.2 Å². The Bertz CT molecular complexity index is 609. The maximum Gasteiger partial charge on any atom is 0.135 e. The van der Waals surface area contributed by atoms with E-state index in [2.05, 4.69) is 15.0 Å². The zero-order valence-electron chi connectivity index (χ0n) is 9.85. The van der Waals surface area contributed by atoms with Gasteiger partial charge in [0.2, 0.25) is 0 Å². The van der Waals surface area contributed by atoms with Gasteiger partial charge in [0.05, 0.1) is 13.2 Å². The number of hydrogen-bond acceptors (Lipinski definition) is 4. The molecule has 0 bridgehead atoms. The van der Waals surface area contributed by atoms with Gasteiger partial charge >= 0.3 is 0 Å². The molecule has 92 valence electrons. The lowest BCUT2D eigenvalue weighted by Gasteiger charge is -2.17. The van der Waals surface area contributed by atoms with Gasteiger partial charge in [-0.3, -0.25) is 4.98 Å². The van der Waals surface area contributed by atoms with Gasteiger partial charge < -0.3 is 9.72 Å². The molecule has 1 N–H and O–H groups in total. The zero-order chi connectivity index (χ0) is 12.4. The van der Waals surface area contributed by atoms with Crippen LogP contribution in [-0.2, 0) is 24.2 Å². The van der Waals surface area contributed by atoms with E-state index in [-0.39, 0.29) is 0 Å². The van der Waals surface area contributed by atoms with Crippen molar-refractivity contribution in [3.63, 3.8) is 0 Å². The molecule has 2 aromatic rings. The summed E-state index contributed by atoms with van der Waals surface area (Å²) >= 11 is 5.32. The van der Waals surface area contributed by atoms with Crippen LogP contribution in [0.15, 0.2) is 24.5 Å². The van der Waals surface area contributed by atoms with Gasteiger partial charge in [-0.25, -0.2) is 4.98 Å². The first-order valence-electron chi connectivity index (χ1n) is 5.90. The van der Waals surface area contributed by atoms with E-state index in [1.807, 2.05) is 12.1 Å². The van der Waals surface area contributed by atoms with Crippen molar-refractivity contribution in [2.45, 2.75) is 19.4 Å². The number of nitrogens with zero attached hydrogens (tertiary/aromatic N) is 2. The maximum atomic E-state index is 5.40. The number of aromatic nitrogens is 3. The zero-order valence-corrected chi connectivity index (χ0v) is 10.7. The standard InChI is InChI=1S/C13H13N3OS/c18-13-10-8-17-6-3-11(10)15-12(16-13)7-9-1-4-14-5-2-9/h1-2,4-5H,3,6-8H2,(H,15,16,18). The number of nitrogens with one attached hydrogen (secondary N) is 1. The molecule has 0 aliphatic carbocycles. The SMILES string of the molecule is S=c1nc(Cc2ccncc2)[nH]c2c1COCC2. The summed E-state index contributed by atoms with van der Waals surface area (Å²) in [6, 6.07) is 3.97. The molecule has 0 aromatic carbocycles. The Morgan fingerprint density at radius 2 is 2.17 bits per heavy atom. The Morgan fingerprint density at radius 3 is 3.00 bits per heavy atom. The Hall–Kier alpha value is -1.59. The lowest BCUT2D eigenvalue weighted by Crippen LogP contribution is -2.15. The van der Waals surface area contributed by atoms with Gasteiger partial charge in [-0.2, -0.15) is 0 Å². The van der Waals surface area contributed by atoms with E-state index in [4.69, 9.17) is 17.0 Å². The van der Waals surface area contributed by atoms with Crippen LogP contribution >= 0.6 is 12.2 Å². The fourth-order valence-electron chi connectivity index (χ4n) is 2.09. The van der Waals surface area contributed by atoms with E-state index in [0.29, 0.717) is 11.2 Å². The molecule has 5 heteroatoms. The molecular weight excluding hydrogens is 246 g/mol. The summed E-state index contributed by atoms with van der Waals surface area (Å²) in [5, 5.41) is 0. The second-order valence-corrected chi connectivity index (χ2v) is 4.67. The Morgan fingerprint density at radius 1 is 1.33 bits per heavy atom. The van der Waals surface area contributed by atoms with Crippen molar-refractivity contribution >= 4 is 12.2 Å². The molecule has 0 saturated carbocycles. The number of hydrogen-bond donors (Lipinski definition) is 1. The van der Waals surface area contributed by atoms with Gasteiger partial charge in [0, 0.05) is 36.5 Å². The van der Waals surface area contributed by atoms with Crippen LogP contribution < -0.4 is 0 Å². The number of pyridine rings is 1. The van der Waals surface area contributed by atoms with Gasteiger partial charge in [0.25, 0.3) is 0 Å². The topological polar surface area (TPSA) is 50.8 Å². The molecule has 0 unspecified atom stereocenters. The molecular formula is C13H13N3OS. The molecule has 3 heterocycles. The van der Waals surface area contributed by atoms with Crippen molar-refractivity contribution < 1.29 is 4.74 Å². The Balaban J connectivity index is 1.94. The summed E-state index contributed by atoms with van der Waals surface area (Å²) in [6.07, 6.45) is 5.21. The van der Waals surface area contributed by atoms with Crippen molar-refractivity contribution in [1.29, 1.82) is 0 Å². The minimum atomic E-state index is 0.577. The molecule has 1 aliphatic heterocycles. The number of H-pyrrole nitrogens is 1. The number of rotatable bonds is 2. The lowest BCUT2D eigenvalue weighted by atomic mass is 10.1. The highest BCUT2D eigenvalue weighted by atomic mass is 32.1.